The number of hydrogen-bond donors (Lipinski definition) is 2. The van der Waals surface area contributed by atoms with Crippen LogP contribution in [-0.2, 0) is 23.0 Å². The molecule has 0 atom stereocenters. The molecule has 0 aliphatic heterocycles. The van der Waals surface area contributed by atoms with Crippen LogP contribution in [0.4, 0.5) is 9.18 Å². The second-order valence-electron chi connectivity index (χ2n) is 5.85. The molecule has 2 amide bonds. The fourth-order valence-corrected chi connectivity index (χ4v) is 3.46. The number of rotatable bonds is 7. The maximum absolute atomic E-state index is 13.5. The minimum absolute atomic E-state index is 0.0643. The maximum atomic E-state index is 13.5. The lowest BCUT2D eigenvalue weighted by Crippen LogP contribution is -2.36. The Morgan fingerprint density at radius 1 is 1.00 bits per heavy atom. The van der Waals surface area contributed by atoms with Crippen molar-refractivity contribution in [2.75, 3.05) is 20.6 Å². The molecular weight excluding hydrogens is 357 g/mol. The third-order valence-corrected chi connectivity index (χ3v) is 5.72. The zero-order valence-corrected chi connectivity index (χ0v) is 15.5. The quantitative estimate of drug-likeness (QED) is 0.773. The molecule has 0 unspecified atom stereocenters. The summed E-state index contributed by atoms with van der Waals surface area (Å²) in [5, 5.41) is 5.26. The normalized spacial score (nSPS) is 11.4. The van der Waals surface area contributed by atoms with E-state index in [0.717, 1.165) is 4.31 Å². The van der Waals surface area contributed by atoms with E-state index in [9.17, 15) is 17.6 Å². The molecule has 140 valence electrons. The molecule has 2 aromatic carbocycles. The van der Waals surface area contributed by atoms with Crippen LogP contribution in [0.1, 0.15) is 11.1 Å². The van der Waals surface area contributed by atoms with E-state index in [0.29, 0.717) is 17.5 Å². The minimum Gasteiger partial charge on any atom is -0.338 e. The molecule has 2 rings (SSSR count). The summed E-state index contributed by atoms with van der Waals surface area (Å²) in [4.78, 5) is 12.1. The summed E-state index contributed by atoms with van der Waals surface area (Å²) in [7, 11) is -0.687. The van der Waals surface area contributed by atoms with E-state index in [4.69, 9.17) is 0 Å². The van der Waals surface area contributed by atoms with Gasteiger partial charge in [-0.15, -0.1) is 0 Å². The lowest BCUT2D eigenvalue weighted by Gasteiger charge is -2.15. The Hall–Kier alpha value is -2.45. The monoisotopic (exact) mass is 379 g/mol. The molecule has 0 aliphatic rings. The molecule has 6 nitrogen and oxygen atoms in total. The van der Waals surface area contributed by atoms with Gasteiger partial charge in [0, 0.05) is 27.2 Å². The molecule has 0 radical (unpaired) electrons. The zero-order chi connectivity index (χ0) is 19.2. The number of benzene rings is 2. The van der Waals surface area contributed by atoms with Gasteiger partial charge in [-0.05, 0) is 29.7 Å². The molecule has 2 aromatic rings. The van der Waals surface area contributed by atoms with Crippen molar-refractivity contribution in [3.63, 3.8) is 0 Å². The van der Waals surface area contributed by atoms with Crippen LogP contribution in [0.25, 0.3) is 0 Å². The van der Waals surface area contributed by atoms with Crippen molar-refractivity contribution in [1.82, 2.24) is 14.9 Å². The number of carbonyl (C=O) groups is 1. The summed E-state index contributed by atoms with van der Waals surface area (Å²) in [5.41, 5.74) is 1.01. The lowest BCUT2D eigenvalue weighted by molar-refractivity contribution is 0.240. The van der Waals surface area contributed by atoms with Crippen molar-refractivity contribution in [3.8, 4) is 0 Å². The van der Waals surface area contributed by atoms with E-state index in [1.54, 1.807) is 36.4 Å². The summed E-state index contributed by atoms with van der Waals surface area (Å²) < 4.78 is 39.3. The average Bonchev–Trinajstić information content (AvgIpc) is 2.61. The van der Waals surface area contributed by atoms with Gasteiger partial charge in [-0.3, -0.25) is 0 Å². The van der Waals surface area contributed by atoms with Crippen LogP contribution in [0.2, 0.25) is 0 Å². The molecule has 0 aromatic heterocycles. The van der Waals surface area contributed by atoms with Crippen LogP contribution < -0.4 is 10.6 Å². The Kier molecular flexibility index (Phi) is 6.70. The van der Waals surface area contributed by atoms with Crippen LogP contribution in [0, 0.1) is 5.82 Å². The third kappa shape index (κ3) is 5.03. The van der Waals surface area contributed by atoms with Crippen LogP contribution in [-0.4, -0.2) is 39.4 Å². The largest absolute Gasteiger partial charge is 0.338 e. The number of urea groups is 1. The second kappa shape index (κ2) is 8.77. The van der Waals surface area contributed by atoms with E-state index >= 15 is 0 Å². The Morgan fingerprint density at radius 3 is 2.27 bits per heavy atom. The van der Waals surface area contributed by atoms with Crippen molar-refractivity contribution in [2.24, 2.45) is 0 Å². The van der Waals surface area contributed by atoms with Gasteiger partial charge in [-0.25, -0.2) is 21.9 Å². The highest BCUT2D eigenvalue weighted by atomic mass is 32.2. The van der Waals surface area contributed by atoms with Crippen molar-refractivity contribution in [3.05, 3.63) is 65.5 Å². The van der Waals surface area contributed by atoms with Gasteiger partial charge in [-0.1, -0.05) is 36.4 Å². The first-order valence-corrected chi connectivity index (χ1v) is 9.52. The first kappa shape index (κ1) is 19.9. The highest BCUT2D eigenvalue weighted by Crippen LogP contribution is 2.18. The summed E-state index contributed by atoms with van der Waals surface area (Å²) in [5.74, 6) is -0.308. The fourth-order valence-electron chi connectivity index (χ4n) is 2.35. The van der Waals surface area contributed by atoms with Crippen LogP contribution in [0.15, 0.2) is 53.4 Å². The molecule has 0 heterocycles. The predicted octanol–water partition coefficient (Wildman–Crippen LogP) is 2.12. The number of nitrogens with one attached hydrogen (secondary N) is 2. The molecule has 0 fully saturated rings. The molecule has 0 saturated heterocycles. The van der Waals surface area contributed by atoms with Gasteiger partial charge in [0.2, 0.25) is 10.0 Å². The Bertz CT molecular complexity index is 869. The van der Waals surface area contributed by atoms with Gasteiger partial charge < -0.3 is 10.6 Å². The van der Waals surface area contributed by atoms with Gasteiger partial charge in [-0.2, -0.15) is 0 Å². The van der Waals surface area contributed by atoms with Crippen molar-refractivity contribution >= 4 is 16.1 Å². The first-order valence-electron chi connectivity index (χ1n) is 8.08. The van der Waals surface area contributed by atoms with Crippen LogP contribution in [0.5, 0.6) is 0 Å². The van der Waals surface area contributed by atoms with E-state index in [1.165, 1.54) is 26.2 Å². The van der Waals surface area contributed by atoms with Gasteiger partial charge in [0.05, 0.1) is 4.90 Å². The minimum atomic E-state index is -3.59. The predicted molar refractivity (Wildman–Crippen MR) is 97.7 cm³/mol. The number of sulfonamides is 1. The zero-order valence-electron chi connectivity index (χ0n) is 14.7. The molecule has 0 aliphatic carbocycles. The van der Waals surface area contributed by atoms with E-state index in [2.05, 4.69) is 10.6 Å². The number of halogens is 1. The second-order valence-corrected chi connectivity index (χ2v) is 7.97. The molecule has 0 spiro atoms. The summed E-state index contributed by atoms with van der Waals surface area (Å²) in [6.07, 6.45) is 0.367. The number of carbonyl (C=O) groups excluding carboxylic acids is 1. The van der Waals surface area contributed by atoms with E-state index in [1.807, 2.05) is 0 Å². The number of nitrogens with zero attached hydrogens (tertiary/aromatic N) is 1. The smallest absolute Gasteiger partial charge is 0.315 e. The molecule has 26 heavy (non-hydrogen) atoms. The summed E-state index contributed by atoms with van der Waals surface area (Å²) >= 11 is 0. The maximum Gasteiger partial charge on any atom is 0.315 e. The first-order chi connectivity index (χ1) is 12.3. The average molecular weight is 379 g/mol. The molecule has 0 saturated carbocycles. The SMILES string of the molecule is CN(C)S(=O)(=O)c1ccccc1CNC(=O)NCCc1ccccc1F. The lowest BCUT2D eigenvalue weighted by atomic mass is 10.1. The van der Waals surface area contributed by atoms with Crippen molar-refractivity contribution < 1.29 is 17.6 Å². The highest BCUT2D eigenvalue weighted by molar-refractivity contribution is 7.89. The Morgan fingerprint density at radius 2 is 1.62 bits per heavy atom. The molecular formula is C18H22FN3O3S. The topological polar surface area (TPSA) is 78.5 Å². The molecule has 0 bridgehead atoms. The fraction of sp³-hybridized carbons (Fsp3) is 0.278. The van der Waals surface area contributed by atoms with Crippen molar-refractivity contribution in [1.29, 1.82) is 0 Å². The van der Waals surface area contributed by atoms with Gasteiger partial charge in [0.15, 0.2) is 0 Å². The van der Waals surface area contributed by atoms with E-state index in [-0.39, 0.29) is 23.8 Å². The highest BCUT2D eigenvalue weighted by Gasteiger charge is 2.20. The van der Waals surface area contributed by atoms with Gasteiger partial charge in [0.25, 0.3) is 0 Å². The van der Waals surface area contributed by atoms with Crippen molar-refractivity contribution in [2.45, 2.75) is 17.9 Å². The Balaban J connectivity index is 1.91. The number of amides is 2. The van der Waals surface area contributed by atoms with Gasteiger partial charge >= 0.3 is 6.03 Å². The standard InChI is InChI=1S/C18H22FN3O3S/c1-22(2)26(24,25)17-10-6-4-8-15(17)13-21-18(23)20-12-11-14-7-3-5-9-16(14)19/h3-10H,11-13H2,1-2H3,(H2,20,21,23). The van der Waals surface area contributed by atoms with Crippen LogP contribution in [0.3, 0.4) is 0 Å². The Labute approximate surface area is 153 Å². The van der Waals surface area contributed by atoms with E-state index < -0.39 is 16.1 Å². The summed E-state index contributed by atoms with van der Waals surface area (Å²) in [6, 6.07) is 12.4. The van der Waals surface area contributed by atoms with Crippen LogP contribution >= 0.6 is 0 Å². The summed E-state index contributed by atoms with van der Waals surface area (Å²) in [6.45, 7) is 0.333. The number of hydrogen-bond acceptors (Lipinski definition) is 3. The molecule has 2 N–H and O–H groups in total. The van der Waals surface area contributed by atoms with Gasteiger partial charge in [0.1, 0.15) is 5.82 Å². The third-order valence-electron chi connectivity index (χ3n) is 3.81. The molecule has 8 heteroatoms.